The lowest BCUT2D eigenvalue weighted by Crippen LogP contribution is -2.27. The molecule has 104 valence electrons. The maximum absolute atomic E-state index is 13.6. The Kier molecular flexibility index (Phi) is 3.98. The van der Waals surface area contributed by atoms with Gasteiger partial charge in [0.2, 0.25) is 0 Å². The smallest absolute Gasteiger partial charge is 0.254 e. The van der Waals surface area contributed by atoms with E-state index >= 15 is 0 Å². The van der Waals surface area contributed by atoms with E-state index in [4.69, 9.17) is 5.73 Å². The monoisotopic (exact) mass is 276 g/mol. The summed E-state index contributed by atoms with van der Waals surface area (Å²) >= 11 is 0. The number of nitrogens with two attached hydrogens (primary N) is 1. The summed E-state index contributed by atoms with van der Waals surface area (Å²) in [7, 11) is 0. The van der Waals surface area contributed by atoms with Crippen molar-refractivity contribution in [3.8, 4) is 0 Å². The van der Waals surface area contributed by atoms with Gasteiger partial charge < -0.3 is 11.1 Å². The number of nitrogen functional groups attached to an aromatic ring is 1. The van der Waals surface area contributed by atoms with Gasteiger partial charge in [0.1, 0.15) is 11.6 Å². The Labute approximate surface area is 115 Å². The number of halogens is 2. The van der Waals surface area contributed by atoms with Gasteiger partial charge in [-0.05, 0) is 42.8 Å². The molecule has 1 unspecified atom stereocenters. The molecule has 20 heavy (non-hydrogen) atoms. The largest absolute Gasteiger partial charge is 0.399 e. The van der Waals surface area contributed by atoms with Crippen LogP contribution in [0.4, 0.5) is 14.5 Å². The van der Waals surface area contributed by atoms with Gasteiger partial charge in [-0.2, -0.15) is 0 Å². The number of carbonyl (C=O) groups excluding carboxylic acids is 1. The highest BCUT2D eigenvalue weighted by Gasteiger charge is 2.15. The molecule has 2 aromatic carbocycles. The molecular weight excluding hydrogens is 262 g/mol. The third kappa shape index (κ3) is 3.12. The normalized spacial score (nSPS) is 11.9. The molecule has 0 fully saturated rings. The second-order valence-electron chi connectivity index (χ2n) is 4.49. The third-order valence-corrected chi connectivity index (χ3v) is 2.93. The van der Waals surface area contributed by atoms with Crippen molar-refractivity contribution in [3.05, 3.63) is 65.2 Å². The van der Waals surface area contributed by atoms with E-state index in [2.05, 4.69) is 5.32 Å². The van der Waals surface area contributed by atoms with Crippen molar-refractivity contribution in [1.29, 1.82) is 0 Å². The number of rotatable bonds is 3. The average Bonchev–Trinajstić information content (AvgIpc) is 2.41. The van der Waals surface area contributed by atoms with Gasteiger partial charge in [-0.25, -0.2) is 8.78 Å². The minimum atomic E-state index is -0.650. The molecule has 2 aromatic rings. The number of carbonyl (C=O) groups is 1. The van der Waals surface area contributed by atoms with Gasteiger partial charge in [-0.15, -0.1) is 0 Å². The highest BCUT2D eigenvalue weighted by Crippen LogP contribution is 2.16. The van der Waals surface area contributed by atoms with E-state index in [1.165, 1.54) is 24.3 Å². The lowest BCUT2D eigenvalue weighted by atomic mass is 10.1. The first kappa shape index (κ1) is 14.0. The van der Waals surface area contributed by atoms with Crippen molar-refractivity contribution in [3.63, 3.8) is 0 Å². The highest BCUT2D eigenvalue weighted by molar-refractivity contribution is 5.95. The molecule has 3 N–H and O–H groups in total. The second kappa shape index (κ2) is 5.69. The molecule has 1 atom stereocenters. The summed E-state index contributed by atoms with van der Waals surface area (Å²) in [5, 5.41) is 2.61. The SMILES string of the molecule is CC(NC(=O)c1cc(N)ccc1F)c1cccc(F)c1. The summed E-state index contributed by atoms with van der Waals surface area (Å²) < 4.78 is 26.7. The van der Waals surface area contributed by atoms with Gasteiger partial charge >= 0.3 is 0 Å². The Bertz CT molecular complexity index is 644. The number of hydrogen-bond acceptors (Lipinski definition) is 2. The molecule has 0 heterocycles. The number of anilines is 1. The molecule has 1 amide bonds. The maximum atomic E-state index is 13.6. The van der Waals surface area contributed by atoms with Gasteiger partial charge in [-0.1, -0.05) is 12.1 Å². The van der Waals surface area contributed by atoms with E-state index in [0.717, 1.165) is 6.07 Å². The summed E-state index contributed by atoms with van der Waals surface area (Å²) in [6.45, 7) is 1.69. The average molecular weight is 276 g/mol. The van der Waals surface area contributed by atoms with Crippen molar-refractivity contribution in [1.82, 2.24) is 5.32 Å². The van der Waals surface area contributed by atoms with Crippen molar-refractivity contribution < 1.29 is 13.6 Å². The van der Waals surface area contributed by atoms with Gasteiger partial charge in [0, 0.05) is 5.69 Å². The molecule has 0 bridgehead atoms. The molecule has 0 aromatic heterocycles. The van der Waals surface area contributed by atoms with E-state index < -0.39 is 23.6 Å². The van der Waals surface area contributed by atoms with Gasteiger partial charge in [0.15, 0.2) is 0 Å². The van der Waals surface area contributed by atoms with E-state index in [0.29, 0.717) is 11.3 Å². The molecule has 5 heteroatoms. The quantitative estimate of drug-likeness (QED) is 0.847. The first-order valence-corrected chi connectivity index (χ1v) is 6.08. The topological polar surface area (TPSA) is 55.1 Å². The molecule has 0 spiro atoms. The van der Waals surface area contributed by atoms with Crippen LogP contribution in [-0.2, 0) is 0 Å². The lowest BCUT2D eigenvalue weighted by Gasteiger charge is -2.15. The zero-order chi connectivity index (χ0) is 14.7. The number of amides is 1. The Morgan fingerprint density at radius 1 is 1.20 bits per heavy atom. The summed E-state index contributed by atoms with van der Waals surface area (Å²) in [5.74, 6) is -1.63. The molecular formula is C15H14F2N2O. The molecule has 2 rings (SSSR count). The number of benzene rings is 2. The van der Waals surface area contributed by atoms with Gasteiger partial charge in [0.25, 0.3) is 5.91 Å². The fourth-order valence-corrected chi connectivity index (χ4v) is 1.85. The van der Waals surface area contributed by atoms with E-state index in [9.17, 15) is 13.6 Å². The van der Waals surface area contributed by atoms with Crippen LogP contribution in [0.1, 0.15) is 28.9 Å². The van der Waals surface area contributed by atoms with E-state index in [-0.39, 0.29) is 5.56 Å². The first-order chi connectivity index (χ1) is 9.47. The van der Waals surface area contributed by atoms with Crippen LogP contribution in [-0.4, -0.2) is 5.91 Å². The molecule has 0 aliphatic carbocycles. The van der Waals surface area contributed by atoms with Crippen molar-refractivity contribution in [2.24, 2.45) is 0 Å². The lowest BCUT2D eigenvalue weighted by molar-refractivity contribution is 0.0936. The third-order valence-electron chi connectivity index (χ3n) is 2.93. The summed E-state index contributed by atoms with van der Waals surface area (Å²) in [6, 6.07) is 9.20. The summed E-state index contributed by atoms with van der Waals surface area (Å²) in [6.07, 6.45) is 0. The second-order valence-corrected chi connectivity index (χ2v) is 4.49. The number of hydrogen-bond donors (Lipinski definition) is 2. The molecule has 0 aliphatic heterocycles. The van der Waals surface area contributed by atoms with Crippen molar-refractivity contribution in [2.75, 3.05) is 5.73 Å². The minimum Gasteiger partial charge on any atom is -0.399 e. The predicted octanol–water partition coefficient (Wildman–Crippen LogP) is 3.04. The predicted molar refractivity (Wildman–Crippen MR) is 73.1 cm³/mol. The zero-order valence-corrected chi connectivity index (χ0v) is 10.9. The standard InChI is InChI=1S/C15H14F2N2O/c1-9(10-3-2-4-11(16)7-10)19-15(20)13-8-12(18)5-6-14(13)17/h2-9H,18H2,1H3,(H,19,20). The Balaban J connectivity index is 2.17. The first-order valence-electron chi connectivity index (χ1n) is 6.08. The van der Waals surface area contributed by atoms with Crippen LogP contribution < -0.4 is 11.1 Å². The van der Waals surface area contributed by atoms with Crippen molar-refractivity contribution in [2.45, 2.75) is 13.0 Å². The van der Waals surface area contributed by atoms with Crippen LogP contribution in [0.5, 0.6) is 0 Å². The molecule has 3 nitrogen and oxygen atoms in total. The molecule has 0 radical (unpaired) electrons. The maximum Gasteiger partial charge on any atom is 0.254 e. The van der Waals surface area contributed by atoms with Crippen molar-refractivity contribution >= 4 is 11.6 Å². The van der Waals surface area contributed by atoms with Crippen LogP contribution in [0.15, 0.2) is 42.5 Å². The highest BCUT2D eigenvalue weighted by atomic mass is 19.1. The fourth-order valence-electron chi connectivity index (χ4n) is 1.85. The molecule has 0 aliphatic rings. The zero-order valence-electron chi connectivity index (χ0n) is 10.9. The van der Waals surface area contributed by atoms with Crippen LogP contribution in [0, 0.1) is 11.6 Å². The molecule has 0 saturated carbocycles. The minimum absolute atomic E-state index is 0.131. The van der Waals surface area contributed by atoms with Gasteiger partial charge in [-0.3, -0.25) is 4.79 Å². The fraction of sp³-hybridized carbons (Fsp3) is 0.133. The van der Waals surface area contributed by atoms with Crippen LogP contribution in [0.2, 0.25) is 0 Å². The van der Waals surface area contributed by atoms with Crippen LogP contribution in [0.3, 0.4) is 0 Å². The number of nitrogens with one attached hydrogen (secondary N) is 1. The summed E-state index contributed by atoms with van der Waals surface area (Å²) in [4.78, 5) is 12.0. The van der Waals surface area contributed by atoms with Crippen LogP contribution in [0.25, 0.3) is 0 Å². The Morgan fingerprint density at radius 2 is 1.95 bits per heavy atom. The van der Waals surface area contributed by atoms with Gasteiger partial charge in [0.05, 0.1) is 11.6 Å². The van der Waals surface area contributed by atoms with E-state index in [1.807, 2.05) is 0 Å². The Hall–Kier alpha value is -2.43. The van der Waals surface area contributed by atoms with E-state index in [1.54, 1.807) is 19.1 Å². The summed E-state index contributed by atoms with van der Waals surface area (Å²) in [5.41, 5.74) is 6.30. The molecule has 0 saturated heterocycles. The van der Waals surface area contributed by atoms with Crippen LogP contribution >= 0.6 is 0 Å². The Morgan fingerprint density at radius 3 is 2.65 bits per heavy atom.